The zero-order chi connectivity index (χ0) is 13.1. The van der Waals surface area contributed by atoms with Crippen molar-refractivity contribution in [2.24, 2.45) is 0 Å². The van der Waals surface area contributed by atoms with E-state index in [1.807, 2.05) is 23.6 Å². The summed E-state index contributed by atoms with van der Waals surface area (Å²) in [5, 5.41) is 4.60. The first-order valence-corrected chi connectivity index (χ1v) is 7.59. The summed E-state index contributed by atoms with van der Waals surface area (Å²) < 4.78 is 0. The molecule has 1 fully saturated rings. The predicted molar refractivity (Wildman–Crippen MR) is 80.3 cm³/mol. The molecule has 1 aliphatic heterocycles. The molecule has 0 bridgehead atoms. The van der Waals surface area contributed by atoms with Gasteiger partial charge in [0.05, 0.1) is 0 Å². The van der Waals surface area contributed by atoms with Gasteiger partial charge in [0, 0.05) is 48.9 Å². The van der Waals surface area contributed by atoms with Crippen molar-refractivity contribution in [1.82, 2.24) is 15.2 Å². The Labute approximate surface area is 118 Å². The summed E-state index contributed by atoms with van der Waals surface area (Å²) >= 11 is 1.81. The Morgan fingerprint density at radius 3 is 3.00 bits per heavy atom. The summed E-state index contributed by atoms with van der Waals surface area (Å²) in [4.78, 5) is 8.41. The minimum atomic E-state index is 0.593. The molecular formula is C15H19N3S. The average Bonchev–Trinajstić information content (AvgIpc) is 2.88. The van der Waals surface area contributed by atoms with Gasteiger partial charge in [-0.25, -0.2) is 4.98 Å². The van der Waals surface area contributed by atoms with Crippen LogP contribution in [0.3, 0.4) is 0 Å². The van der Waals surface area contributed by atoms with Crippen molar-refractivity contribution >= 4 is 11.3 Å². The quantitative estimate of drug-likeness (QED) is 0.931. The second-order valence-corrected chi connectivity index (χ2v) is 6.20. The minimum Gasteiger partial charge on any atom is -0.312 e. The van der Waals surface area contributed by atoms with Gasteiger partial charge in [-0.1, -0.05) is 30.3 Å². The lowest BCUT2D eigenvalue weighted by Crippen LogP contribution is -2.48. The molecule has 1 aromatic heterocycles. The van der Waals surface area contributed by atoms with Crippen LogP contribution in [0.15, 0.2) is 36.5 Å². The highest BCUT2D eigenvalue weighted by Crippen LogP contribution is 2.25. The zero-order valence-electron chi connectivity index (χ0n) is 11.2. The third-order valence-electron chi connectivity index (χ3n) is 3.41. The first kappa shape index (κ1) is 12.8. The molecule has 1 aliphatic rings. The highest BCUT2D eigenvalue weighted by Gasteiger charge is 2.16. The number of hydrogen-bond acceptors (Lipinski definition) is 4. The summed E-state index contributed by atoms with van der Waals surface area (Å²) in [6, 6.07) is 11.0. The third-order valence-corrected chi connectivity index (χ3v) is 4.44. The fraction of sp³-hybridized carbons (Fsp3) is 0.400. The van der Waals surface area contributed by atoms with Crippen molar-refractivity contribution < 1.29 is 0 Å². The Morgan fingerprint density at radius 2 is 2.21 bits per heavy atom. The molecule has 0 saturated carbocycles. The van der Waals surface area contributed by atoms with Crippen molar-refractivity contribution in [2.75, 3.05) is 19.6 Å². The van der Waals surface area contributed by atoms with Crippen molar-refractivity contribution in [3.8, 4) is 10.6 Å². The van der Waals surface area contributed by atoms with E-state index in [1.54, 1.807) is 0 Å². The molecule has 0 radical (unpaired) electrons. The molecule has 1 aromatic carbocycles. The molecule has 19 heavy (non-hydrogen) atoms. The lowest BCUT2D eigenvalue weighted by molar-refractivity contribution is 0.201. The number of rotatable bonds is 3. The molecule has 3 nitrogen and oxygen atoms in total. The smallest absolute Gasteiger partial charge is 0.123 e. The van der Waals surface area contributed by atoms with Crippen LogP contribution in [0.4, 0.5) is 0 Å². The van der Waals surface area contributed by atoms with Gasteiger partial charge in [-0.15, -0.1) is 11.3 Å². The first-order chi connectivity index (χ1) is 9.31. The van der Waals surface area contributed by atoms with Crippen LogP contribution in [0.1, 0.15) is 11.8 Å². The van der Waals surface area contributed by atoms with Crippen LogP contribution >= 0.6 is 11.3 Å². The van der Waals surface area contributed by atoms with Crippen LogP contribution < -0.4 is 5.32 Å². The number of hydrogen-bond donors (Lipinski definition) is 1. The van der Waals surface area contributed by atoms with Crippen molar-refractivity contribution in [3.05, 3.63) is 41.4 Å². The standard InChI is InChI=1S/C15H19N3S/c1-12-10-18(8-7-16-12)11-14-9-17-15(19-14)13-5-3-2-4-6-13/h2-6,9,12,16H,7-8,10-11H2,1H3. The Morgan fingerprint density at radius 1 is 1.37 bits per heavy atom. The van der Waals surface area contributed by atoms with Crippen molar-refractivity contribution in [3.63, 3.8) is 0 Å². The normalized spacial score (nSPS) is 20.6. The molecular weight excluding hydrogens is 254 g/mol. The Bertz CT molecular complexity index is 523. The van der Waals surface area contributed by atoms with E-state index in [4.69, 9.17) is 0 Å². The van der Waals surface area contributed by atoms with E-state index in [2.05, 4.69) is 46.4 Å². The van der Waals surface area contributed by atoms with Gasteiger partial charge >= 0.3 is 0 Å². The van der Waals surface area contributed by atoms with Gasteiger partial charge in [0.2, 0.25) is 0 Å². The summed E-state index contributed by atoms with van der Waals surface area (Å²) in [6.07, 6.45) is 2.03. The predicted octanol–water partition coefficient (Wildman–Crippen LogP) is 2.60. The molecule has 1 unspecified atom stereocenters. The molecule has 0 amide bonds. The van der Waals surface area contributed by atoms with Crippen molar-refractivity contribution in [1.29, 1.82) is 0 Å². The van der Waals surface area contributed by atoms with E-state index < -0.39 is 0 Å². The zero-order valence-corrected chi connectivity index (χ0v) is 12.0. The molecule has 3 rings (SSSR count). The number of piperazine rings is 1. The summed E-state index contributed by atoms with van der Waals surface area (Å²) in [5.74, 6) is 0. The van der Waals surface area contributed by atoms with E-state index in [1.165, 1.54) is 10.4 Å². The van der Waals surface area contributed by atoms with E-state index in [0.717, 1.165) is 31.2 Å². The number of aromatic nitrogens is 1. The summed E-state index contributed by atoms with van der Waals surface area (Å²) in [7, 11) is 0. The van der Waals surface area contributed by atoms with Crippen LogP contribution in [-0.2, 0) is 6.54 Å². The Balaban J connectivity index is 1.68. The molecule has 1 atom stereocenters. The lowest BCUT2D eigenvalue weighted by Gasteiger charge is -2.31. The van der Waals surface area contributed by atoms with Gasteiger partial charge in [0.15, 0.2) is 0 Å². The van der Waals surface area contributed by atoms with E-state index in [0.29, 0.717) is 6.04 Å². The Hall–Kier alpha value is -1.23. The van der Waals surface area contributed by atoms with E-state index in [9.17, 15) is 0 Å². The second-order valence-electron chi connectivity index (χ2n) is 5.09. The maximum Gasteiger partial charge on any atom is 0.123 e. The molecule has 0 spiro atoms. The van der Waals surface area contributed by atoms with Gasteiger partial charge < -0.3 is 5.32 Å². The van der Waals surface area contributed by atoms with Crippen LogP contribution in [0.5, 0.6) is 0 Å². The SMILES string of the molecule is CC1CN(Cc2cnc(-c3ccccc3)s2)CCN1. The molecule has 2 aromatic rings. The van der Waals surface area contributed by atoms with Gasteiger partial charge in [-0.3, -0.25) is 4.90 Å². The number of nitrogens with one attached hydrogen (secondary N) is 1. The molecule has 0 aliphatic carbocycles. The minimum absolute atomic E-state index is 0.593. The largest absolute Gasteiger partial charge is 0.312 e. The van der Waals surface area contributed by atoms with Gasteiger partial charge in [-0.2, -0.15) is 0 Å². The lowest BCUT2D eigenvalue weighted by atomic mass is 10.2. The Kier molecular flexibility index (Phi) is 3.92. The molecule has 4 heteroatoms. The van der Waals surface area contributed by atoms with Crippen molar-refractivity contribution in [2.45, 2.75) is 19.5 Å². The third kappa shape index (κ3) is 3.21. The van der Waals surface area contributed by atoms with Crippen LogP contribution in [0.25, 0.3) is 10.6 Å². The van der Waals surface area contributed by atoms with Crippen LogP contribution in [-0.4, -0.2) is 35.6 Å². The van der Waals surface area contributed by atoms with Crippen LogP contribution in [0, 0.1) is 0 Å². The molecule has 2 heterocycles. The number of benzene rings is 1. The maximum absolute atomic E-state index is 4.55. The fourth-order valence-corrected chi connectivity index (χ4v) is 3.43. The fourth-order valence-electron chi connectivity index (χ4n) is 2.47. The maximum atomic E-state index is 4.55. The molecule has 100 valence electrons. The highest BCUT2D eigenvalue weighted by atomic mass is 32.1. The van der Waals surface area contributed by atoms with Crippen LogP contribution in [0.2, 0.25) is 0 Å². The van der Waals surface area contributed by atoms with Gasteiger partial charge in [0.1, 0.15) is 5.01 Å². The molecule has 1 saturated heterocycles. The van der Waals surface area contributed by atoms with E-state index >= 15 is 0 Å². The monoisotopic (exact) mass is 273 g/mol. The average molecular weight is 273 g/mol. The van der Waals surface area contributed by atoms with Gasteiger partial charge in [-0.05, 0) is 6.92 Å². The first-order valence-electron chi connectivity index (χ1n) is 6.77. The van der Waals surface area contributed by atoms with Gasteiger partial charge in [0.25, 0.3) is 0 Å². The summed E-state index contributed by atoms with van der Waals surface area (Å²) in [5.41, 5.74) is 1.22. The van der Waals surface area contributed by atoms with E-state index in [-0.39, 0.29) is 0 Å². The molecule has 1 N–H and O–H groups in total. The number of nitrogens with zero attached hydrogens (tertiary/aromatic N) is 2. The second kappa shape index (κ2) is 5.82. The summed E-state index contributed by atoms with van der Waals surface area (Å²) in [6.45, 7) is 6.61. The topological polar surface area (TPSA) is 28.2 Å². The number of thiazole rings is 1. The highest BCUT2D eigenvalue weighted by molar-refractivity contribution is 7.15.